The molecular formula is C24H27FN2O3. The van der Waals surface area contributed by atoms with Crippen LogP contribution in [0.4, 0.5) is 10.1 Å². The molecule has 1 aliphatic rings. The number of aryl methyl sites for hydroxylation is 2. The fourth-order valence-electron chi connectivity index (χ4n) is 3.51. The summed E-state index contributed by atoms with van der Waals surface area (Å²) in [6.07, 6.45) is 0.632. The van der Waals surface area contributed by atoms with Gasteiger partial charge < -0.3 is 10.1 Å². The first-order valence-corrected chi connectivity index (χ1v) is 10.1. The summed E-state index contributed by atoms with van der Waals surface area (Å²) >= 11 is 0. The number of carbonyl (C=O) groups is 2. The zero-order valence-corrected chi connectivity index (χ0v) is 17.8. The molecule has 0 atom stereocenters. The number of rotatable bonds is 8. The number of carbonyl (C=O) groups excluding carboxylic acids is 2. The molecule has 0 aromatic heterocycles. The molecule has 0 saturated carbocycles. The maximum absolute atomic E-state index is 13.4. The van der Waals surface area contributed by atoms with Crippen LogP contribution in [-0.4, -0.2) is 36.0 Å². The number of anilines is 1. The lowest BCUT2D eigenvalue weighted by atomic mass is 10.0. The molecule has 0 aliphatic carbocycles. The Kier molecular flexibility index (Phi) is 6.67. The standard InChI is InChI=1S/C24H27FN2O3/c1-15(2)30-11-5-10-27-23(28)21(18-6-8-19(25)9-7-18)22(24(27)29)26-20-13-16(3)12-17(4)14-20/h6-9,12-15,26H,5,10-11H2,1-4H3. The normalized spacial score (nSPS) is 14.3. The lowest BCUT2D eigenvalue weighted by Gasteiger charge is -2.16. The number of nitrogens with one attached hydrogen (secondary N) is 1. The third-order valence-electron chi connectivity index (χ3n) is 4.77. The molecule has 3 rings (SSSR count). The lowest BCUT2D eigenvalue weighted by Crippen LogP contribution is -2.34. The molecule has 0 fully saturated rings. The zero-order chi connectivity index (χ0) is 21.8. The quantitative estimate of drug-likeness (QED) is 0.516. The van der Waals surface area contributed by atoms with Gasteiger partial charge in [0, 0.05) is 18.8 Å². The Bertz CT molecular complexity index is 960. The third-order valence-corrected chi connectivity index (χ3v) is 4.77. The number of halogens is 1. The van der Waals surface area contributed by atoms with Crippen molar-refractivity contribution in [3.8, 4) is 0 Å². The summed E-state index contributed by atoms with van der Waals surface area (Å²) < 4.78 is 18.9. The van der Waals surface area contributed by atoms with Gasteiger partial charge in [0.2, 0.25) is 0 Å². The number of ether oxygens (including phenoxy) is 1. The Morgan fingerprint density at radius 1 is 1.00 bits per heavy atom. The predicted octanol–water partition coefficient (Wildman–Crippen LogP) is 4.45. The van der Waals surface area contributed by atoms with E-state index in [1.807, 2.05) is 45.9 Å². The highest BCUT2D eigenvalue weighted by atomic mass is 19.1. The maximum Gasteiger partial charge on any atom is 0.278 e. The van der Waals surface area contributed by atoms with Crippen LogP contribution in [0.15, 0.2) is 48.2 Å². The van der Waals surface area contributed by atoms with E-state index in [1.54, 1.807) is 0 Å². The van der Waals surface area contributed by atoms with Crippen molar-refractivity contribution in [1.82, 2.24) is 4.90 Å². The van der Waals surface area contributed by atoms with Gasteiger partial charge in [-0.05, 0) is 75.1 Å². The van der Waals surface area contributed by atoms with Crippen molar-refractivity contribution >= 4 is 23.1 Å². The molecule has 0 spiro atoms. The summed E-state index contributed by atoms with van der Waals surface area (Å²) in [6.45, 7) is 8.53. The van der Waals surface area contributed by atoms with Crippen molar-refractivity contribution in [2.45, 2.75) is 40.2 Å². The zero-order valence-electron chi connectivity index (χ0n) is 17.8. The summed E-state index contributed by atoms with van der Waals surface area (Å²) in [6, 6.07) is 11.5. The highest BCUT2D eigenvalue weighted by molar-refractivity contribution is 6.36. The highest BCUT2D eigenvalue weighted by Crippen LogP contribution is 2.31. The highest BCUT2D eigenvalue weighted by Gasteiger charge is 2.38. The fourth-order valence-corrected chi connectivity index (χ4v) is 3.51. The van der Waals surface area contributed by atoms with Gasteiger partial charge in [0.05, 0.1) is 11.7 Å². The van der Waals surface area contributed by atoms with Gasteiger partial charge in [0.15, 0.2) is 0 Å². The molecular weight excluding hydrogens is 383 g/mol. The minimum Gasteiger partial charge on any atom is -0.379 e. The van der Waals surface area contributed by atoms with E-state index in [4.69, 9.17) is 4.74 Å². The van der Waals surface area contributed by atoms with Gasteiger partial charge in [-0.3, -0.25) is 14.5 Å². The molecule has 6 heteroatoms. The SMILES string of the molecule is Cc1cc(C)cc(NC2=C(c3ccc(F)cc3)C(=O)N(CCCOC(C)C)C2=O)c1. The van der Waals surface area contributed by atoms with Crippen LogP contribution in [0, 0.1) is 19.7 Å². The first-order valence-electron chi connectivity index (χ1n) is 10.1. The van der Waals surface area contributed by atoms with Gasteiger partial charge in [-0.1, -0.05) is 18.2 Å². The molecule has 5 nitrogen and oxygen atoms in total. The van der Waals surface area contributed by atoms with Gasteiger partial charge >= 0.3 is 0 Å². The summed E-state index contributed by atoms with van der Waals surface area (Å²) in [5.74, 6) is -1.17. The van der Waals surface area contributed by atoms with Crippen molar-refractivity contribution < 1.29 is 18.7 Å². The van der Waals surface area contributed by atoms with Crippen LogP contribution >= 0.6 is 0 Å². The van der Waals surface area contributed by atoms with Crippen molar-refractivity contribution in [2.24, 2.45) is 0 Å². The average Bonchev–Trinajstić information content (AvgIpc) is 2.89. The van der Waals surface area contributed by atoms with E-state index in [-0.39, 0.29) is 35.7 Å². The van der Waals surface area contributed by atoms with Gasteiger partial charge in [0.1, 0.15) is 11.5 Å². The van der Waals surface area contributed by atoms with Gasteiger partial charge in [0.25, 0.3) is 11.8 Å². The van der Waals surface area contributed by atoms with E-state index in [0.29, 0.717) is 18.6 Å². The number of hydrogen-bond donors (Lipinski definition) is 1. The number of nitrogens with zero attached hydrogens (tertiary/aromatic N) is 1. The van der Waals surface area contributed by atoms with Crippen LogP contribution in [0.25, 0.3) is 5.57 Å². The van der Waals surface area contributed by atoms with E-state index in [2.05, 4.69) is 5.32 Å². The van der Waals surface area contributed by atoms with Gasteiger partial charge in [-0.15, -0.1) is 0 Å². The number of benzene rings is 2. The second kappa shape index (κ2) is 9.22. The maximum atomic E-state index is 13.4. The van der Waals surface area contributed by atoms with E-state index in [0.717, 1.165) is 16.8 Å². The van der Waals surface area contributed by atoms with E-state index < -0.39 is 5.82 Å². The Morgan fingerprint density at radius 3 is 2.23 bits per heavy atom. The second-order valence-electron chi connectivity index (χ2n) is 7.79. The third kappa shape index (κ3) is 4.94. The molecule has 0 bridgehead atoms. The van der Waals surface area contributed by atoms with E-state index >= 15 is 0 Å². The minimum absolute atomic E-state index is 0.0877. The molecule has 30 heavy (non-hydrogen) atoms. The van der Waals surface area contributed by atoms with Crippen LogP contribution in [-0.2, 0) is 14.3 Å². The minimum atomic E-state index is -0.400. The number of hydrogen-bond acceptors (Lipinski definition) is 4. The van der Waals surface area contributed by atoms with Crippen molar-refractivity contribution in [3.05, 3.63) is 70.7 Å². The summed E-state index contributed by atoms with van der Waals surface area (Å²) in [5.41, 5.74) is 3.78. The molecule has 158 valence electrons. The summed E-state index contributed by atoms with van der Waals surface area (Å²) in [4.78, 5) is 27.5. The van der Waals surface area contributed by atoms with Crippen LogP contribution in [0.3, 0.4) is 0 Å². The van der Waals surface area contributed by atoms with Crippen molar-refractivity contribution in [1.29, 1.82) is 0 Å². The molecule has 1 N–H and O–H groups in total. The smallest absolute Gasteiger partial charge is 0.278 e. The Hall–Kier alpha value is -2.99. The Balaban J connectivity index is 1.92. The van der Waals surface area contributed by atoms with E-state index in [1.165, 1.54) is 29.2 Å². The van der Waals surface area contributed by atoms with E-state index in [9.17, 15) is 14.0 Å². The molecule has 0 saturated heterocycles. The van der Waals surface area contributed by atoms with Crippen LogP contribution in [0.2, 0.25) is 0 Å². The summed E-state index contributed by atoms with van der Waals surface area (Å²) in [5, 5.41) is 3.15. The first kappa shape index (κ1) is 21.7. The average molecular weight is 410 g/mol. The predicted molar refractivity (Wildman–Crippen MR) is 115 cm³/mol. The Labute approximate surface area is 176 Å². The largest absolute Gasteiger partial charge is 0.379 e. The van der Waals surface area contributed by atoms with Gasteiger partial charge in [-0.2, -0.15) is 0 Å². The van der Waals surface area contributed by atoms with Crippen LogP contribution in [0.5, 0.6) is 0 Å². The molecule has 1 heterocycles. The van der Waals surface area contributed by atoms with Gasteiger partial charge in [-0.25, -0.2) is 4.39 Å². The molecule has 2 amide bonds. The number of imide groups is 1. The molecule has 2 aromatic carbocycles. The van der Waals surface area contributed by atoms with Crippen LogP contribution in [0.1, 0.15) is 37.0 Å². The first-order chi connectivity index (χ1) is 14.3. The lowest BCUT2D eigenvalue weighted by molar-refractivity contribution is -0.137. The topological polar surface area (TPSA) is 58.6 Å². The molecule has 1 aliphatic heterocycles. The summed E-state index contributed by atoms with van der Waals surface area (Å²) in [7, 11) is 0. The molecule has 0 unspecified atom stereocenters. The van der Waals surface area contributed by atoms with Crippen molar-refractivity contribution in [2.75, 3.05) is 18.5 Å². The monoisotopic (exact) mass is 410 g/mol. The molecule has 2 aromatic rings. The fraction of sp³-hybridized carbons (Fsp3) is 0.333. The number of amides is 2. The Morgan fingerprint density at radius 2 is 1.63 bits per heavy atom. The van der Waals surface area contributed by atoms with Crippen LogP contribution < -0.4 is 5.32 Å². The van der Waals surface area contributed by atoms with Crippen molar-refractivity contribution in [3.63, 3.8) is 0 Å². The molecule has 0 radical (unpaired) electrons. The second-order valence-corrected chi connectivity index (χ2v) is 7.79.